The third kappa shape index (κ3) is 3.69. The Morgan fingerprint density at radius 1 is 1.28 bits per heavy atom. The average Bonchev–Trinajstić information content (AvgIpc) is 2.95. The van der Waals surface area contributed by atoms with Crippen molar-refractivity contribution in [1.82, 2.24) is 10.4 Å². The molecule has 25 heavy (non-hydrogen) atoms. The summed E-state index contributed by atoms with van der Waals surface area (Å²) in [5, 5.41) is 7.11. The van der Waals surface area contributed by atoms with Crippen molar-refractivity contribution in [1.29, 1.82) is 0 Å². The van der Waals surface area contributed by atoms with Crippen LogP contribution in [0.3, 0.4) is 0 Å². The van der Waals surface area contributed by atoms with E-state index in [2.05, 4.69) is 15.5 Å². The maximum absolute atomic E-state index is 12.3. The summed E-state index contributed by atoms with van der Waals surface area (Å²) in [5.41, 5.74) is 4.14. The number of aromatic nitrogens is 1. The summed E-state index contributed by atoms with van der Waals surface area (Å²) in [4.78, 5) is 17.1. The van der Waals surface area contributed by atoms with E-state index in [1.54, 1.807) is 6.21 Å². The number of carbonyl (C=O) groups is 1. The Hall–Kier alpha value is -2.73. The van der Waals surface area contributed by atoms with Crippen LogP contribution in [0.1, 0.15) is 32.9 Å². The zero-order valence-electron chi connectivity index (χ0n) is 14.4. The van der Waals surface area contributed by atoms with Crippen LogP contribution < -0.4 is 10.2 Å². The molecule has 3 rings (SSSR count). The smallest absolute Gasteiger partial charge is 0.283 e. The third-order valence-corrected chi connectivity index (χ3v) is 4.77. The van der Waals surface area contributed by atoms with Gasteiger partial charge in [-0.25, -0.2) is 10.4 Å². The highest BCUT2D eigenvalue weighted by Crippen LogP contribution is 2.26. The molecule has 0 saturated heterocycles. The van der Waals surface area contributed by atoms with Crippen molar-refractivity contribution in [2.24, 2.45) is 5.10 Å². The molecule has 0 radical (unpaired) electrons. The van der Waals surface area contributed by atoms with E-state index in [-0.39, 0.29) is 5.91 Å². The van der Waals surface area contributed by atoms with Gasteiger partial charge >= 0.3 is 0 Å². The molecule has 0 spiro atoms. The highest BCUT2D eigenvalue weighted by Gasteiger charge is 2.13. The van der Waals surface area contributed by atoms with Crippen LogP contribution in [-0.2, 0) is 0 Å². The van der Waals surface area contributed by atoms with Crippen molar-refractivity contribution < 1.29 is 9.53 Å². The SMILES string of the molecule is CCOc1ccc2ccccc2c1/C=N/NC(=O)c1sc(C)nc1C. The van der Waals surface area contributed by atoms with Crippen LogP contribution in [0.5, 0.6) is 5.75 Å². The lowest BCUT2D eigenvalue weighted by Gasteiger charge is -2.10. The average molecular weight is 353 g/mol. The number of nitrogens with zero attached hydrogens (tertiary/aromatic N) is 2. The molecule has 0 unspecified atom stereocenters. The third-order valence-electron chi connectivity index (χ3n) is 3.70. The maximum Gasteiger partial charge on any atom is 0.283 e. The Kier molecular flexibility index (Phi) is 5.09. The number of benzene rings is 2. The number of rotatable bonds is 5. The van der Waals surface area contributed by atoms with Crippen molar-refractivity contribution >= 4 is 34.2 Å². The zero-order valence-corrected chi connectivity index (χ0v) is 15.2. The normalized spacial score (nSPS) is 11.2. The lowest BCUT2D eigenvalue weighted by molar-refractivity contribution is 0.0958. The fourth-order valence-electron chi connectivity index (χ4n) is 2.64. The van der Waals surface area contributed by atoms with E-state index in [0.717, 1.165) is 32.8 Å². The molecule has 2 aromatic carbocycles. The number of ether oxygens (including phenoxy) is 1. The number of thiazole rings is 1. The van der Waals surface area contributed by atoms with Crippen molar-refractivity contribution in [3.8, 4) is 5.75 Å². The van der Waals surface area contributed by atoms with Gasteiger partial charge in [0.2, 0.25) is 0 Å². The highest BCUT2D eigenvalue weighted by atomic mass is 32.1. The van der Waals surface area contributed by atoms with Gasteiger partial charge in [-0.15, -0.1) is 11.3 Å². The minimum atomic E-state index is -0.252. The lowest BCUT2D eigenvalue weighted by Crippen LogP contribution is -2.17. The molecule has 0 saturated carbocycles. The fraction of sp³-hybridized carbons (Fsp3) is 0.211. The lowest BCUT2D eigenvalue weighted by atomic mass is 10.0. The van der Waals surface area contributed by atoms with Gasteiger partial charge in [-0.2, -0.15) is 5.10 Å². The first-order valence-electron chi connectivity index (χ1n) is 8.02. The number of hydrazone groups is 1. The van der Waals surface area contributed by atoms with Gasteiger partial charge in [0, 0.05) is 5.56 Å². The molecule has 1 heterocycles. The summed E-state index contributed by atoms with van der Waals surface area (Å²) in [7, 11) is 0. The van der Waals surface area contributed by atoms with Gasteiger partial charge in [-0.1, -0.05) is 30.3 Å². The van der Waals surface area contributed by atoms with E-state index in [4.69, 9.17) is 4.74 Å². The van der Waals surface area contributed by atoms with Gasteiger partial charge in [-0.3, -0.25) is 4.79 Å². The first-order chi connectivity index (χ1) is 12.1. The molecule has 6 heteroatoms. The summed E-state index contributed by atoms with van der Waals surface area (Å²) in [6, 6.07) is 11.9. The maximum atomic E-state index is 12.3. The largest absolute Gasteiger partial charge is 0.493 e. The summed E-state index contributed by atoms with van der Waals surface area (Å²) >= 11 is 1.36. The second-order valence-electron chi connectivity index (χ2n) is 5.48. The van der Waals surface area contributed by atoms with Crippen molar-refractivity contribution in [2.75, 3.05) is 6.61 Å². The number of hydrogen-bond donors (Lipinski definition) is 1. The molecular formula is C19H19N3O2S. The van der Waals surface area contributed by atoms with Gasteiger partial charge in [-0.05, 0) is 37.6 Å². The van der Waals surface area contributed by atoms with E-state index < -0.39 is 0 Å². The summed E-state index contributed by atoms with van der Waals surface area (Å²) in [6.07, 6.45) is 1.63. The summed E-state index contributed by atoms with van der Waals surface area (Å²) < 4.78 is 5.70. The molecule has 128 valence electrons. The minimum absolute atomic E-state index is 0.252. The van der Waals surface area contributed by atoms with Crippen LogP contribution in [0.2, 0.25) is 0 Å². The molecule has 1 aromatic heterocycles. The highest BCUT2D eigenvalue weighted by molar-refractivity contribution is 7.13. The Morgan fingerprint density at radius 2 is 2.08 bits per heavy atom. The van der Waals surface area contributed by atoms with Gasteiger partial charge < -0.3 is 4.74 Å². The molecule has 0 atom stereocenters. The van der Waals surface area contributed by atoms with Crippen LogP contribution >= 0.6 is 11.3 Å². The number of nitrogens with one attached hydrogen (secondary N) is 1. The molecule has 3 aromatic rings. The van der Waals surface area contributed by atoms with Gasteiger partial charge in [0.25, 0.3) is 5.91 Å². The number of carbonyl (C=O) groups excluding carboxylic acids is 1. The van der Waals surface area contributed by atoms with Crippen molar-refractivity contribution in [3.63, 3.8) is 0 Å². The Bertz CT molecular complexity index is 947. The van der Waals surface area contributed by atoms with Gasteiger partial charge in [0.05, 0.1) is 23.5 Å². The first-order valence-corrected chi connectivity index (χ1v) is 8.83. The van der Waals surface area contributed by atoms with Gasteiger partial charge in [0.15, 0.2) is 0 Å². The van der Waals surface area contributed by atoms with Crippen LogP contribution in [0.25, 0.3) is 10.8 Å². The molecule has 5 nitrogen and oxygen atoms in total. The standard InChI is InChI=1S/C19H19N3O2S/c1-4-24-17-10-9-14-7-5-6-8-15(14)16(17)11-20-22-19(23)18-12(2)21-13(3)25-18/h5-11H,4H2,1-3H3,(H,22,23)/b20-11+. The van der Waals surface area contributed by atoms with E-state index in [0.29, 0.717) is 11.5 Å². The first kappa shape index (κ1) is 17.1. The number of aryl methyl sites for hydroxylation is 2. The van der Waals surface area contributed by atoms with E-state index in [1.807, 2.05) is 57.2 Å². The molecule has 0 fully saturated rings. The number of amides is 1. The molecule has 1 N–H and O–H groups in total. The molecule has 0 aliphatic rings. The second-order valence-corrected chi connectivity index (χ2v) is 6.68. The topological polar surface area (TPSA) is 63.6 Å². The number of hydrogen-bond acceptors (Lipinski definition) is 5. The molecule has 0 aliphatic heterocycles. The van der Waals surface area contributed by atoms with Crippen LogP contribution in [0.4, 0.5) is 0 Å². The number of fused-ring (bicyclic) bond motifs is 1. The molecule has 0 bridgehead atoms. The monoisotopic (exact) mass is 353 g/mol. The Morgan fingerprint density at radius 3 is 2.80 bits per heavy atom. The van der Waals surface area contributed by atoms with Crippen LogP contribution in [-0.4, -0.2) is 23.7 Å². The summed E-state index contributed by atoms with van der Waals surface area (Å²) in [5.74, 6) is 0.488. The quantitative estimate of drug-likeness (QED) is 0.555. The molecule has 1 amide bonds. The van der Waals surface area contributed by atoms with Crippen LogP contribution in [0.15, 0.2) is 41.5 Å². The Labute approximate surface area is 150 Å². The van der Waals surface area contributed by atoms with Crippen molar-refractivity contribution in [3.05, 3.63) is 57.5 Å². The van der Waals surface area contributed by atoms with E-state index in [1.165, 1.54) is 11.3 Å². The zero-order chi connectivity index (χ0) is 17.8. The van der Waals surface area contributed by atoms with Crippen molar-refractivity contribution in [2.45, 2.75) is 20.8 Å². The summed E-state index contributed by atoms with van der Waals surface area (Å²) in [6.45, 7) is 6.19. The van der Waals surface area contributed by atoms with E-state index in [9.17, 15) is 4.79 Å². The predicted octanol–water partition coefficient (Wildman–Crippen LogP) is 4.08. The van der Waals surface area contributed by atoms with E-state index >= 15 is 0 Å². The minimum Gasteiger partial charge on any atom is -0.493 e. The van der Waals surface area contributed by atoms with Gasteiger partial charge in [0.1, 0.15) is 10.6 Å². The Balaban J connectivity index is 1.88. The fourth-order valence-corrected chi connectivity index (χ4v) is 3.45. The molecular weight excluding hydrogens is 334 g/mol. The molecule has 0 aliphatic carbocycles. The second kappa shape index (κ2) is 7.44. The predicted molar refractivity (Wildman–Crippen MR) is 102 cm³/mol. The van der Waals surface area contributed by atoms with Crippen LogP contribution in [0, 0.1) is 13.8 Å².